The number of hydrogen-bond donors (Lipinski definition) is 0. The van der Waals surface area contributed by atoms with Gasteiger partial charge >= 0.3 is 0 Å². The molecule has 136 valence electrons. The van der Waals surface area contributed by atoms with E-state index < -0.39 is 9.84 Å². The molecular weight excluding hydrogens is 342 g/mol. The van der Waals surface area contributed by atoms with Crippen LogP contribution < -0.4 is 4.90 Å². The molecule has 2 aromatic carbocycles. The van der Waals surface area contributed by atoms with Crippen molar-refractivity contribution in [2.75, 3.05) is 11.4 Å². The Bertz CT molecular complexity index is 941. The SMILES string of the molecule is C=C1C=Cc2cc(CS(=O)(=O)Cc3ccc(C)cc3)ccc2N1CCC. The Morgan fingerprint density at radius 3 is 2.31 bits per heavy atom. The Morgan fingerprint density at radius 1 is 0.962 bits per heavy atom. The fourth-order valence-corrected chi connectivity index (χ4v) is 4.72. The van der Waals surface area contributed by atoms with Gasteiger partial charge in [-0.1, -0.05) is 55.5 Å². The molecule has 1 aliphatic heterocycles. The first-order valence-corrected chi connectivity index (χ1v) is 10.7. The first-order valence-electron chi connectivity index (χ1n) is 8.91. The van der Waals surface area contributed by atoms with Crippen LogP contribution in [0.4, 0.5) is 5.69 Å². The summed E-state index contributed by atoms with van der Waals surface area (Å²) in [6.07, 6.45) is 5.03. The average Bonchev–Trinajstić information content (AvgIpc) is 2.59. The van der Waals surface area contributed by atoms with Crippen LogP contribution in [0.1, 0.15) is 35.6 Å². The molecule has 0 bridgehead atoms. The number of fused-ring (bicyclic) bond motifs is 1. The van der Waals surface area contributed by atoms with Gasteiger partial charge in [0.1, 0.15) is 0 Å². The van der Waals surface area contributed by atoms with E-state index >= 15 is 0 Å². The van der Waals surface area contributed by atoms with E-state index in [9.17, 15) is 8.42 Å². The van der Waals surface area contributed by atoms with Crippen molar-refractivity contribution in [1.82, 2.24) is 0 Å². The van der Waals surface area contributed by atoms with Gasteiger partial charge in [0.15, 0.2) is 9.84 Å². The normalized spacial score (nSPS) is 13.8. The van der Waals surface area contributed by atoms with Crippen LogP contribution in [0.15, 0.2) is 60.8 Å². The largest absolute Gasteiger partial charge is 0.342 e. The molecule has 0 aliphatic carbocycles. The maximum Gasteiger partial charge on any atom is 0.158 e. The lowest BCUT2D eigenvalue weighted by Crippen LogP contribution is -2.24. The fraction of sp³-hybridized carbons (Fsp3) is 0.273. The molecule has 3 rings (SSSR count). The molecule has 0 spiro atoms. The van der Waals surface area contributed by atoms with Crippen LogP contribution in [0.25, 0.3) is 6.08 Å². The van der Waals surface area contributed by atoms with Gasteiger partial charge in [-0.3, -0.25) is 0 Å². The average molecular weight is 368 g/mol. The highest BCUT2D eigenvalue weighted by Gasteiger charge is 2.18. The number of aryl methyl sites for hydroxylation is 1. The first kappa shape index (κ1) is 18.5. The molecular formula is C22H25NO2S. The molecule has 0 saturated carbocycles. The number of anilines is 1. The minimum atomic E-state index is -3.22. The summed E-state index contributed by atoms with van der Waals surface area (Å²) in [7, 11) is -3.22. The van der Waals surface area contributed by atoms with E-state index in [1.807, 2.05) is 61.5 Å². The zero-order valence-electron chi connectivity index (χ0n) is 15.4. The topological polar surface area (TPSA) is 37.4 Å². The van der Waals surface area contributed by atoms with Gasteiger partial charge in [0, 0.05) is 17.9 Å². The number of benzene rings is 2. The standard InChI is InChI=1S/C22H25NO2S/c1-4-13-23-18(3)7-11-21-14-20(10-12-22(21)23)16-26(24,25)15-19-8-5-17(2)6-9-19/h5-12,14H,3-4,13,15-16H2,1-2H3. The van der Waals surface area contributed by atoms with Crippen molar-refractivity contribution >= 4 is 21.6 Å². The van der Waals surface area contributed by atoms with E-state index in [2.05, 4.69) is 18.4 Å². The Hall–Kier alpha value is -2.33. The predicted octanol–water partition coefficient (Wildman–Crippen LogP) is 4.87. The lowest BCUT2D eigenvalue weighted by atomic mass is 10.0. The third kappa shape index (κ3) is 4.25. The summed E-state index contributed by atoms with van der Waals surface area (Å²) < 4.78 is 25.2. The predicted molar refractivity (Wildman–Crippen MR) is 110 cm³/mol. The van der Waals surface area contributed by atoms with Crippen molar-refractivity contribution in [2.45, 2.75) is 31.8 Å². The van der Waals surface area contributed by atoms with E-state index in [4.69, 9.17) is 0 Å². The molecule has 3 nitrogen and oxygen atoms in total. The molecule has 2 aromatic rings. The summed E-state index contributed by atoms with van der Waals surface area (Å²) in [6.45, 7) is 9.13. The van der Waals surface area contributed by atoms with Crippen LogP contribution in [-0.4, -0.2) is 15.0 Å². The summed E-state index contributed by atoms with van der Waals surface area (Å²) in [5.41, 5.74) is 5.90. The Balaban J connectivity index is 1.80. The Labute approximate surface area is 156 Å². The summed E-state index contributed by atoms with van der Waals surface area (Å²) in [5.74, 6) is 0.121. The van der Waals surface area contributed by atoms with E-state index in [0.717, 1.165) is 46.6 Å². The highest BCUT2D eigenvalue weighted by Crippen LogP contribution is 2.31. The van der Waals surface area contributed by atoms with Gasteiger partial charge in [0.2, 0.25) is 0 Å². The lowest BCUT2D eigenvalue weighted by molar-refractivity contribution is 0.594. The van der Waals surface area contributed by atoms with Gasteiger partial charge in [0.05, 0.1) is 11.5 Å². The van der Waals surface area contributed by atoms with Gasteiger partial charge in [-0.05, 0) is 48.2 Å². The van der Waals surface area contributed by atoms with Crippen molar-refractivity contribution in [3.05, 3.63) is 83.1 Å². The Morgan fingerprint density at radius 2 is 1.62 bits per heavy atom. The summed E-state index contributed by atoms with van der Waals surface area (Å²) >= 11 is 0. The molecule has 4 heteroatoms. The number of hydrogen-bond acceptors (Lipinski definition) is 3. The smallest absolute Gasteiger partial charge is 0.158 e. The van der Waals surface area contributed by atoms with E-state index in [1.165, 1.54) is 0 Å². The second-order valence-corrected chi connectivity index (χ2v) is 8.95. The zero-order valence-corrected chi connectivity index (χ0v) is 16.2. The van der Waals surface area contributed by atoms with Gasteiger partial charge in [-0.25, -0.2) is 8.42 Å². The fourth-order valence-electron chi connectivity index (χ4n) is 3.23. The Kier molecular flexibility index (Phi) is 5.33. The highest BCUT2D eigenvalue weighted by atomic mass is 32.2. The van der Waals surface area contributed by atoms with Crippen molar-refractivity contribution < 1.29 is 8.42 Å². The quantitative estimate of drug-likeness (QED) is 0.731. The van der Waals surface area contributed by atoms with E-state index in [-0.39, 0.29) is 11.5 Å². The van der Waals surface area contributed by atoms with Crippen molar-refractivity contribution in [3.63, 3.8) is 0 Å². The van der Waals surface area contributed by atoms with Gasteiger partial charge in [-0.15, -0.1) is 0 Å². The number of nitrogens with zero attached hydrogens (tertiary/aromatic N) is 1. The molecule has 0 aromatic heterocycles. The lowest BCUT2D eigenvalue weighted by Gasteiger charge is -2.29. The van der Waals surface area contributed by atoms with Crippen molar-refractivity contribution in [3.8, 4) is 0 Å². The van der Waals surface area contributed by atoms with Crippen molar-refractivity contribution in [1.29, 1.82) is 0 Å². The van der Waals surface area contributed by atoms with Gasteiger partial charge in [0.25, 0.3) is 0 Å². The maximum atomic E-state index is 12.6. The van der Waals surface area contributed by atoms with Crippen LogP contribution in [-0.2, 0) is 21.3 Å². The summed E-state index contributed by atoms with van der Waals surface area (Å²) in [4.78, 5) is 2.18. The summed E-state index contributed by atoms with van der Waals surface area (Å²) in [6, 6.07) is 13.6. The third-order valence-corrected chi connectivity index (χ3v) is 6.07. The summed E-state index contributed by atoms with van der Waals surface area (Å²) in [5, 5.41) is 0. The highest BCUT2D eigenvalue weighted by molar-refractivity contribution is 7.89. The van der Waals surface area contributed by atoms with Crippen LogP contribution in [0.5, 0.6) is 0 Å². The van der Waals surface area contributed by atoms with E-state index in [0.29, 0.717) is 0 Å². The molecule has 0 saturated heterocycles. The molecule has 1 heterocycles. The van der Waals surface area contributed by atoms with Crippen LogP contribution in [0.3, 0.4) is 0 Å². The minimum absolute atomic E-state index is 0.0523. The van der Waals surface area contributed by atoms with Gasteiger partial charge < -0.3 is 4.90 Å². The monoisotopic (exact) mass is 367 g/mol. The van der Waals surface area contributed by atoms with Crippen LogP contribution in [0, 0.1) is 6.92 Å². The number of sulfone groups is 1. The molecule has 0 radical (unpaired) electrons. The van der Waals surface area contributed by atoms with E-state index in [1.54, 1.807) is 0 Å². The molecule has 0 amide bonds. The molecule has 0 fully saturated rings. The van der Waals surface area contributed by atoms with Crippen molar-refractivity contribution in [2.24, 2.45) is 0 Å². The molecule has 0 unspecified atom stereocenters. The first-order chi connectivity index (χ1) is 12.4. The molecule has 0 N–H and O–H groups in total. The third-order valence-electron chi connectivity index (χ3n) is 4.53. The second kappa shape index (κ2) is 7.50. The maximum absolute atomic E-state index is 12.6. The molecule has 26 heavy (non-hydrogen) atoms. The van der Waals surface area contributed by atoms with Gasteiger partial charge in [-0.2, -0.15) is 0 Å². The van der Waals surface area contributed by atoms with Crippen LogP contribution >= 0.6 is 0 Å². The second-order valence-electron chi connectivity index (χ2n) is 6.89. The zero-order chi connectivity index (χ0) is 18.7. The molecule has 0 atom stereocenters. The van der Waals surface area contributed by atoms with Crippen LogP contribution in [0.2, 0.25) is 0 Å². The number of allylic oxidation sites excluding steroid dienone is 1. The molecule has 1 aliphatic rings. The minimum Gasteiger partial charge on any atom is -0.342 e. The number of rotatable bonds is 6.